The Balaban J connectivity index is 1.91. The van der Waals surface area contributed by atoms with Crippen LogP contribution in [0.5, 0.6) is 0 Å². The van der Waals surface area contributed by atoms with Gasteiger partial charge in [-0.2, -0.15) is 9.40 Å². The average Bonchev–Trinajstić information content (AvgIpc) is 2.94. The van der Waals surface area contributed by atoms with Crippen molar-refractivity contribution < 1.29 is 8.42 Å². The van der Waals surface area contributed by atoms with Crippen molar-refractivity contribution in [2.24, 2.45) is 10.7 Å². The first-order valence-electron chi connectivity index (χ1n) is 7.58. The Labute approximate surface area is 141 Å². The average molecular weight is 353 g/mol. The van der Waals surface area contributed by atoms with Gasteiger partial charge >= 0.3 is 0 Å². The molecule has 1 aromatic heterocycles. The molecule has 1 aromatic rings. The highest BCUT2D eigenvalue weighted by molar-refractivity contribution is 7.88. The molecule has 0 radical (unpaired) electrons. The highest BCUT2D eigenvalue weighted by Crippen LogP contribution is 2.12. The molecule has 1 saturated heterocycles. The van der Waals surface area contributed by atoms with E-state index in [1.165, 1.54) is 10.6 Å². The van der Waals surface area contributed by atoms with Crippen LogP contribution in [0.1, 0.15) is 19.0 Å². The first-order chi connectivity index (χ1) is 11.3. The lowest BCUT2D eigenvalue weighted by molar-refractivity contribution is 0.264. The SMILES string of the molecule is C/C=C/c1cc(N=C(N)CC(=N)N2CCN(S(C)(=O)=O)CC2)n[nH]1. The molecule has 10 heteroatoms. The Morgan fingerprint density at radius 2 is 2.12 bits per heavy atom. The van der Waals surface area contributed by atoms with E-state index in [0.29, 0.717) is 43.7 Å². The highest BCUT2D eigenvalue weighted by atomic mass is 32.2. The van der Waals surface area contributed by atoms with Crippen molar-refractivity contribution in [2.45, 2.75) is 13.3 Å². The zero-order valence-electron chi connectivity index (χ0n) is 13.9. The second-order valence-corrected chi connectivity index (χ2v) is 7.54. The summed E-state index contributed by atoms with van der Waals surface area (Å²) in [5, 5.41) is 15.0. The molecule has 0 atom stereocenters. The van der Waals surface area contributed by atoms with Crippen molar-refractivity contribution in [1.29, 1.82) is 5.41 Å². The second-order valence-electron chi connectivity index (χ2n) is 5.56. The van der Waals surface area contributed by atoms with E-state index in [1.807, 2.05) is 24.0 Å². The van der Waals surface area contributed by atoms with Crippen molar-refractivity contribution in [3.63, 3.8) is 0 Å². The highest BCUT2D eigenvalue weighted by Gasteiger charge is 2.24. The molecular weight excluding hydrogens is 330 g/mol. The molecule has 0 amide bonds. The fourth-order valence-corrected chi connectivity index (χ4v) is 3.23. The van der Waals surface area contributed by atoms with Crippen LogP contribution in [0.2, 0.25) is 0 Å². The van der Waals surface area contributed by atoms with Crippen LogP contribution in [0, 0.1) is 5.41 Å². The fraction of sp³-hybridized carbons (Fsp3) is 0.500. The number of hydrogen-bond donors (Lipinski definition) is 3. The monoisotopic (exact) mass is 353 g/mol. The molecule has 1 aliphatic heterocycles. The molecule has 4 N–H and O–H groups in total. The number of H-pyrrole nitrogens is 1. The molecule has 0 spiro atoms. The van der Waals surface area contributed by atoms with Crippen molar-refractivity contribution in [3.8, 4) is 0 Å². The quantitative estimate of drug-likeness (QED) is 0.520. The molecule has 2 rings (SSSR count). The number of nitrogens with zero attached hydrogens (tertiary/aromatic N) is 4. The number of nitrogens with one attached hydrogen (secondary N) is 2. The Kier molecular flexibility index (Phi) is 5.73. The fourth-order valence-electron chi connectivity index (χ4n) is 2.41. The van der Waals surface area contributed by atoms with Gasteiger partial charge in [-0.25, -0.2) is 13.4 Å². The lowest BCUT2D eigenvalue weighted by Gasteiger charge is -2.34. The molecule has 0 saturated carbocycles. The summed E-state index contributed by atoms with van der Waals surface area (Å²) in [5.74, 6) is 1.09. The second kappa shape index (κ2) is 7.58. The van der Waals surface area contributed by atoms with Crippen LogP contribution in [-0.2, 0) is 10.0 Å². The minimum Gasteiger partial charge on any atom is -0.387 e. The topological polar surface area (TPSA) is 132 Å². The largest absolute Gasteiger partial charge is 0.387 e. The summed E-state index contributed by atoms with van der Waals surface area (Å²) in [4.78, 5) is 6.01. The maximum atomic E-state index is 11.5. The molecule has 0 aliphatic carbocycles. The number of hydrogen-bond acceptors (Lipinski definition) is 5. The van der Waals surface area contributed by atoms with E-state index in [2.05, 4.69) is 15.2 Å². The van der Waals surface area contributed by atoms with Gasteiger partial charge in [-0.05, 0) is 13.0 Å². The van der Waals surface area contributed by atoms with Crippen LogP contribution in [0.15, 0.2) is 17.1 Å². The zero-order chi connectivity index (χ0) is 17.7. The normalized spacial score (nSPS) is 17.6. The molecule has 0 unspecified atom stereocenters. The molecule has 1 aliphatic rings. The van der Waals surface area contributed by atoms with Crippen LogP contribution in [0.3, 0.4) is 0 Å². The Bertz CT molecular complexity index is 743. The van der Waals surface area contributed by atoms with Crippen LogP contribution >= 0.6 is 0 Å². The number of piperazine rings is 1. The number of amidine groups is 2. The lowest BCUT2D eigenvalue weighted by atomic mass is 10.3. The lowest BCUT2D eigenvalue weighted by Crippen LogP contribution is -2.50. The summed E-state index contributed by atoms with van der Waals surface area (Å²) < 4.78 is 24.4. The Morgan fingerprint density at radius 3 is 2.71 bits per heavy atom. The predicted octanol–water partition coefficient (Wildman–Crippen LogP) is 0.376. The first-order valence-corrected chi connectivity index (χ1v) is 9.43. The number of aromatic nitrogens is 2. The number of aliphatic imine (C=N–C) groups is 1. The third-order valence-corrected chi connectivity index (χ3v) is 4.93. The maximum Gasteiger partial charge on any atom is 0.211 e. The minimum absolute atomic E-state index is 0.199. The summed E-state index contributed by atoms with van der Waals surface area (Å²) in [6.45, 7) is 3.62. The number of rotatable bonds is 5. The standard InChI is InChI=1S/C14H23N7O2S/c1-3-4-11-9-14(19-18-11)17-12(15)10-13(16)20-5-7-21(8-6-20)24(2,22)23/h3-4,9,16H,5-8,10H2,1-2H3,(H3,15,17,18,19)/b4-3+,16-13?. The van der Waals surface area contributed by atoms with Gasteiger partial charge in [0, 0.05) is 32.2 Å². The van der Waals surface area contributed by atoms with Crippen molar-refractivity contribution >= 4 is 33.6 Å². The van der Waals surface area contributed by atoms with Gasteiger partial charge in [0.15, 0.2) is 5.82 Å². The van der Waals surface area contributed by atoms with E-state index in [1.54, 1.807) is 6.07 Å². The minimum atomic E-state index is -3.17. The third kappa shape index (κ3) is 4.90. The summed E-state index contributed by atoms with van der Waals surface area (Å²) in [5.41, 5.74) is 6.73. The van der Waals surface area contributed by atoms with Crippen LogP contribution < -0.4 is 5.73 Å². The van der Waals surface area contributed by atoms with E-state index in [4.69, 9.17) is 11.1 Å². The number of allylic oxidation sites excluding steroid dienone is 1. The van der Waals surface area contributed by atoms with E-state index < -0.39 is 10.0 Å². The van der Waals surface area contributed by atoms with Gasteiger partial charge in [0.05, 0.1) is 18.4 Å². The Morgan fingerprint density at radius 1 is 1.46 bits per heavy atom. The van der Waals surface area contributed by atoms with Gasteiger partial charge in [0.2, 0.25) is 10.0 Å². The molecule has 2 heterocycles. The third-order valence-electron chi connectivity index (χ3n) is 3.63. The summed E-state index contributed by atoms with van der Waals surface area (Å²) in [6.07, 6.45) is 5.15. The molecule has 24 heavy (non-hydrogen) atoms. The number of nitrogens with two attached hydrogens (primary N) is 1. The van der Waals surface area contributed by atoms with Gasteiger partial charge < -0.3 is 10.6 Å². The molecule has 1 fully saturated rings. The summed E-state index contributed by atoms with van der Waals surface area (Å²) >= 11 is 0. The van der Waals surface area contributed by atoms with Gasteiger partial charge in [0.1, 0.15) is 11.7 Å². The van der Waals surface area contributed by atoms with Crippen LogP contribution in [-0.4, -0.2) is 71.9 Å². The number of sulfonamides is 1. The van der Waals surface area contributed by atoms with Crippen molar-refractivity contribution in [1.82, 2.24) is 19.4 Å². The van der Waals surface area contributed by atoms with Gasteiger partial charge in [-0.1, -0.05) is 6.08 Å². The predicted molar refractivity (Wildman–Crippen MR) is 94.9 cm³/mol. The molecule has 0 bridgehead atoms. The zero-order valence-corrected chi connectivity index (χ0v) is 14.7. The first kappa shape index (κ1) is 18.1. The number of aromatic amines is 1. The molecule has 132 valence electrons. The molecule has 9 nitrogen and oxygen atoms in total. The Hall–Kier alpha value is -2.20. The van der Waals surface area contributed by atoms with Crippen LogP contribution in [0.4, 0.5) is 5.82 Å². The van der Waals surface area contributed by atoms with Crippen molar-refractivity contribution in [2.75, 3.05) is 32.4 Å². The summed E-state index contributed by atoms with van der Waals surface area (Å²) in [6, 6.07) is 1.77. The maximum absolute atomic E-state index is 11.5. The van der Waals surface area contributed by atoms with E-state index in [-0.39, 0.29) is 6.42 Å². The van der Waals surface area contributed by atoms with Crippen LogP contribution in [0.25, 0.3) is 6.08 Å². The van der Waals surface area contributed by atoms with Gasteiger partial charge in [-0.15, -0.1) is 0 Å². The van der Waals surface area contributed by atoms with Crippen molar-refractivity contribution in [3.05, 3.63) is 17.8 Å². The van der Waals surface area contributed by atoms with E-state index in [9.17, 15) is 8.42 Å². The van der Waals surface area contributed by atoms with E-state index in [0.717, 1.165) is 5.69 Å². The smallest absolute Gasteiger partial charge is 0.211 e. The molecular formula is C14H23N7O2S. The van der Waals surface area contributed by atoms with Gasteiger partial charge in [0.25, 0.3) is 0 Å². The van der Waals surface area contributed by atoms with E-state index >= 15 is 0 Å². The molecule has 0 aromatic carbocycles. The summed E-state index contributed by atoms with van der Waals surface area (Å²) in [7, 11) is -3.17. The van der Waals surface area contributed by atoms with Gasteiger partial charge in [-0.3, -0.25) is 10.5 Å².